The number of hydrogen-bond donors (Lipinski definition) is 0. The quantitative estimate of drug-likeness (QED) is 0.622. The Morgan fingerprint density at radius 2 is 1.40 bits per heavy atom. The molecule has 0 amide bonds. The standard InChI is InChI=1S/C8H2F6O/c9-7(10,11)4-1-3-2-5(15-3)6(4)8(12,13)14/h1-2H. The van der Waals surface area contributed by atoms with Crippen molar-refractivity contribution in [3.05, 3.63) is 23.3 Å². The van der Waals surface area contributed by atoms with Gasteiger partial charge in [-0.2, -0.15) is 26.3 Å². The third kappa shape index (κ3) is 1.51. The largest absolute Gasteiger partial charge is 0.456 e. The van der Waals surface area contributed by atoms with Crippen LogP contribution in [-0.2, 0) is 12.4 Å². The second kappa shape index (κ2) is 2.59. The van der Waals surface area contributed by atoms with E-state index in [1.165, 1.54) is 0 Å². The van der Waals surface area contributed by atoms with Gasteiger partial charge in [0.15, 0.2) is 0 Å². The molecule has 7 heteroatoms. The Balaban J connectivity index is 2.64. The van der Waals surface area contributed by atoms with Gasteiger partial charge < -0.3 is 4.74 Å². The maximum absolute atomic E-state index is 12.3. The highest BCUT2D eigenvalue weighted by molar-refractivity contribution is 5.57. The van der Waals surface area contributed by atoms with Gasteiger partial charge in [-0.25, -0.2) is 0 Å². The fourth-order valence-electron chi connectivity index (χ4n) is 1.31. The zero-order valence-corrected chi connectivity index (χ0v) is 6.83. The Hall–Kier alpha value is -1.40. The molecule has 2 heterocycles. The van der Waals surface area contributed by atoms with Gasteiger partial charge in [0, 0.05) is 6.07 Å². The van der Waals surface area contributed by atoms with Crippen LogP contribution < -0.4 is 4.74 Å². The van der Waals surface area contributed by atoms with E-state index in [1.54, 1.807) is 0 Å². The van der Waals surface area contributed by atoms with E-state index in [0.29, 0.717) is 6.07 Å². The number of fused-ring (bicyclic) bond motifs is 2. The van der Waals surface area contributed by atoms with Crippen molar-refractivity contribution >= 4 is 0 Å². The van der Waals surface area contributed by atoms with E-state index >= 15 is 0 Å². The second-order valence-corrected chi connectivity index (χ2v) is 2.94. The van der Waals surface area contributed by atoms with E-state index in [4.69, 9.17) is 0 Å². The molecule has 82 valence electrons. The normalized spacial score (nSPS) is 14.5. The highest BCUT2D eigenvalue weighted by Gasteiger charge is 2.48. The third-order valence-electron chi connectivity index (χ3n) is 1.89. The molecule has 0 fully saturated rings. The topological polar surface area (TPSA) is 9.23 Å². The molecule has 0 aliphatic carbocycles. The summed E-state index contributed by atoms with van der Waals surface area (Å²) in [4.78, 5) is 0. The summed E-state index contributed by atoms with van der Waals surface area (Å²) in [5.41, 5.74) is -3.46. The van der Waals surface area contributed by atoms with Gasteiger partial charge >= 0.3 is 12.4 Å². The minimum absolute atomic E-state index is 0.203. The first-order valence-corrected chi connectivity index (χ1v) is 3.70. The Kier molecular flexibility index (Phi) is 1.75. The monoisotopic (exact) mass is 228 g/mol. The van der Waals surface area contributed by atoms with Crippen LogP contribution in [0.1, 0.15) is 11.1 Å². The lowest BCUT2D eigenvalue weighted by atomic mass is 10.0. The number of hydrogen-bond acceptors (Lipinski definition) is 1. The van der Waals surface area contributed by atoms with E-state index in [1.807, 2.05) is 0 Å². The van der Waals surface area contributed by atoms with Crippen molar-refractivity contribution in [1.29, 1.82) is 0 Å². The van der Waals surface area contributed by atoms with E-state index < -0.39 is 29.2 Å². The van der Waals surface area contributed by atoms with Crippen molar-refractivity contribution in [2.45, 2.75) is 12.4 Å². The first-order chi connectivity index (χ1) is 6.69. The van der Waals surface area contributed by atoms with Crippen molar-refractivity contribution in [3.8, 4) is 11.5 Å². The van der Waals surface area contributed by atoms with Crippen LogP contribution in [0.3, 0.4) is 0 Å². The first kappa shape index (κ1) is 10.1. The van der Waals surface area contributed by atoms with Gasteiger partial charge in [-0.15, -0.1) is 0 Å². The molecule has 2 bridgehead atoms. The lowest BCUT2D eigenvalue weighted by molar-refractivity contribution is -0.163. The highest BCUT2D eigenvalue weighted by atomic mass is 19.4. The Morgan fingerprint density at radius 1 is 0.867 bits per heavy atom. The molecule has 0 unspecified atom stereocenters. The van der Waals surface area contributed by atoms with E-state index in [0.717, 1.165) is 6.07 Å². The molecule has 0 saturated heterocycles. The number of benzene rings is 1. The van der Waals surface area contributed by atoms with Gasteiger partial charge in [-0.05, 0) is 6.07 Å². The molecule has 3 rings (SSSR count). The predicted octanol–water partition coefficient (Wildman–Crippen LogP) is 3.83. The SMILES string of the molecule is FC(F)(F)c1cc2cc(c1C(F)(F)F)O2. The first-order valence-electron chi connectivity index (χ1n) is 3.70. The van der Waals surface area contributed by atoms with Gasteiger partial charge in [-0.3, -0.25) is 0 Å². The molecule has 1 nitrogen and oxygen atoms in total. The van der Waals surface area contributed by atoms with Crippen molar-refractivity contribution in [2.24, 2.45) is 0 Å². The zero-order valence-electron chi connectivity index (χ0n) is 6.83. The Morgan fingerprint density at radius 3 is 1.73 bits per heavy atom. The van der Waals surface area contributed by atoms with Gasteiger partial charge in [0.1, 0.15) is 17.1 Å². The van der Waals surface area contributed by atoms with Crippen LogP contribution >= 0.6 is 0 Å². The van der Waals surface area contributed by atoms with E-state index in [9.17, 15) is 26.3 Å². The van der Waals surface area contributed by atoms with Crippen molar-refractivity contribution < 1.29 is 31.1 Å². The summed E-state index contributed by atoms with van der Waals surface area (Å²) in [5.74, 6) is -0.974. The summed E-state index contributed by atoms with van der Waals surface area (Å²) in [6.45, 7) is 0. The third-order valence-corrected chi connectivity index (χ3v) is 1.89. The summed E-state index contributed by atoms with van der Waals surface area (Å²) >= 11 is 0. The smallest absolute Gasteiger partial charge is 0.420 e. The average Bonchev–Trinajstić information content (AvgIpc) is 1.98. The maximum atomic E-state index is 12.3. The minimum atomic E-state index is -5.07. The van der Waals surface area contributed by atoms with Gasteiger partial charge in [0.2, 0.25) is 0 Å². The van der Waals surface area contributed by atoms with Crippen LogP contribution in [0, 0.1) is 0 Å². The number of ether oxygens (including phenoxy) is 1. The molecule has 2 aliphatic rings. The molecule has 15 heavy (non-hydrogen) atoms. The number of halogens is 6. The Bertz CT molecular complexity index is 416. The Labute approximate surface area is 79.3 Å². The van der Waals surface area contributed by atoms with Crippen molar-refractivity contribution in [3.63, 3.8) is 0 Å². The second-order valence-electron chi connectivity index (χ2n) is 2.94. The molecule has 0 N–H and O–H groups in total. The summed E-state index contributed by atoms with van der Waals surface area (Å²) in [5, 5.41) is 0. The lowest BCUT2D eigenvalue weighted by Crippen LogP contribution is -2.20. The summed E-state index contributed by atoms with van der Waals surface area (Å²) in [7, 11) is 0. The number of rotatable bonds is 0. The van der Waals surface area contributed by atoms with E-state index in [-0.39, 0.29) is 5.75 Å². The summed E-state index contributed by atoms with van der Waals surface area (Å²) in [6, 6.07) is 1.26. The highest BCUT2D eigenvalue weighted by Crippen LogP contribution is 2.52. The fraction of sp³-hybridized carbons (Fsp3) is 0.250. The lowest BCUT2D eigenvalue weighted by Gasteiger charge is -2.25. The average molecular weight is 228 g/mol. The van der Waals surface area contributed by atoms with Crippen LogP contribution in [0.15, 0.2) is 12.1 Å². The van der Waals surface area contributed by atoms with Crippen LogP contribution in [0.2, 0.25) is 0 Å². The fourth-order valence-corrected chi connectivity index (χ4v) is 1.31. The summed E-state index contributed by atoms with van der Waals surface area (Å²) in [6.07, 6.45) is -10.1. The van der Waals surface area contributed by atoms with Gasteiger partial charge in [0.25, 0.3) is 0 Å². The molecule has 0 saturated carbocycles. The minimum Gasteiger partial charge on any atom is -0.456 e. The van der Waals surface area contributed by atoms with Gasteiger partial charge in [-0.1, -0.05) is 0 Å². The number of alkyl halides is 6. The zero-order chi connectivity index (χ0) is 11.4. The molecule has 0 radical (unpaired) electrons. The van der Waals surface area contributed by atoms with Crippen molar-refractivity contribution in [1.82, 2.24) is 0 Å². The van der Waals surface area contributed by atoms with Crippen LogP contribution in [-0.4, -0.2) is 0 Å². The molecule has 2 aliphatic heterocycles. The molecule has 0 aromatic heterocycles. The maximum Gasteiger partial charge on any atom is 0.420 e. The molecular weight excluding hydrogens is 226 g/mol. The van der Waals surface area contributed by atoms with Gasteiger partial charge in [0.05, 0.1) is 5.56 Å². The predicted molar refractivity (Wildman–Crippen MR) is 36.5 cm³/mol. The molecule has 1 aromatic rings. The summed E-state index contributed by atoms with van der Waals surface area (Å²) < 4.78 is 77.9. The molecule has 1 aromatic carbocycles. The molecule has 0 spiro atoms. The van der Waals surface area contributed by atoms with Crippen LogP contribution in [0.5, 0.6) is 11.5 Å². The van der Waals surface area contributed by atoms with Crippen molar-refractivity contribution in [2.75, 3.05) is 0 Å². The van der Waals surface area contributed by atoms with E-state index in [2.05, 4.69) is 4.74 Å². The van der Waals surface area contributed by atoms with Crippen LogP contribution in [0.4, 0.5) is 26.3 Å². The molecule has 0 atom stereocenters. The van der Waals surface area contributed by atoms with Crippen LogP contribution in [0.25, 0.3) is 0 Å². The molecular formula is C8H2F6O.